The lowest BCUT2D eigenvalue weighted by molar-refractivity contribution is -0.125. The summed E-state index contributed by atoms with van der Waals surface area (Å²) in [5, 5.41) is 3.60. The molecule has 0 radical (unpaired) electrons. The molecule has 9 nitrogen and oxygen atoms in total. The van der Waals surface area contributed by atoms with Gasteiger partial charge in [-0.05, 0) is 35.1 Å². The van der Waals surface area contributed by atoms with Gasteiger partial charge in [0.1, 0.15) is 17.4 Å². The summed E-state index contributed by atoms with van der Waals surface area (Å²) in [6, 6.07) is 3.31. The lowest BCUT2D eigenvalue weighted by Gasteiger charge is -2.22. The Labute approximate surface area is 221 Å². The maximum absolute atomic E-state index is 13.0. The molecule has 2 heterocycles. The maximum atomic E-state index is 13.0. The van der Waals surface area contributed by atoms with Gasteiger partial charge in [0.25, 0.3) is 5.91 Å². The molecule has 1 aliphatic rings. The zero-order chi connectivity index (χ0) is 26.9. The van der Waals surface area contributed by atoms with Crippen molar-refractivity contribution in [1.29, 1.82) is 0 Å². The monoisotopic (exact) mass is 533 g/mol. The minimum atomic E-state index is -0.375. The number of rotatable bonds is 6. The Balaban J connectivity index is 1.79. The van der Waals surface area contributed by atoms with E-state index < -0.39 is 0 Å². The number of nitrogen functional groups attached to an aromatic ring is 1. The summed E-state index contributed by atoms with van der Waals surface area (Å²) < 4.78 is 1.59. The molecule has 1 aromatic carbocycles. The molecule has 1 aromatic heterocycles. The second kappa shape index (κ2) is 10.5. The van der Waals surface area contributed by atoms with Crippen LogP contribution in [0.2, 0.25) is 10.2 Å². The number of aromatic nitrogens is 2. The number of nitrogens with one attached hydrogen (secondary N) is 1. The van der Waals surface area contributed by atoms with Crippen LogP contribution in [0.15, 0.2) is 29.8 Å². The number of likely N-dealkylation sites (tertiary alicyclic amines) is 1. The molecule has 5 N–H and O–H groups in total. The van der Waals surface area contributed by atoms with Crippen molar-refractivity contribution in [2.24, 2.45) is 23.7 Å². The third-order valence-electron chi connectivity index (χ3n) is 6.39. The number of anilines is 1. The van der Waals surface area contributed by atoms with E-state index in [0.29, 0.717) is 35.2 Å². The summed E-state index contributed by atoms with van der Waals surface area (Å²) in [5.74, 6) is 0.230. The average Bonchev–Trinajstić information content (AvgIpc) is 3.28. The van der Waals surface area contributed by atoms with Crippen molar-refractivity contribution in [3.05, 3.63) is 57.6 Å². The number of amides is 2. The molecule has 0 spiro atoms. The van der Waals surface area contributed by atoms with Gasteiger partial charge in [0.15, 0.2) is 5.15 Å². The molecule has 1 aliphatic heterocycles. The summed E-state index contributed by atoms with van der Waals surface area (Å²) in [7, 11) is 1.69. The van der Waals surface area contributed by atoms with E-state index in [1.54, 1.807) is 22.6 Å². The first-order chi connectivity index (χ1) is 16.7. The first kappa shape index (κ1) is 27.5. The van der Waals surface area contributed by atoms with Gasteiger partial charge in [-0.15, -0.1) is 0 Å². The van der Waals surface area contributed by atoms with E-state index >= 15 is 0 Å². The van der Waals surface area contributed by atoms with E-state index in [1.165, 1.54) is 6.08 Å². The lowest BCUT2D eigenvalue weighted by atomic mass is 9.85. The van der Waals surface area contributed by atoms with Crippen molar-refractivity contribution in [2.75, 3.05) is 18.8 Å². The molecule has 11 heteroatoms. The number of carbonyl (C=O) groups is 2. The Hall–Kier alpha value is -3.04. The molecule has 0 bridgehead atoms. The van der Waals surface area contributed by atoms with Crippen LogP contribution >= 0.6 is 23.2 Å². The first-order valence-electron chi connectivity index (χ1n) is 11.6. The summed E-state index contributed by atoms with van der Waals surface area (Å²) >= 11 is 12.7. The van der Waals surface area contributed by atoms with Crippen molar-refractivity contribution in [2.45, 2.75) is 45.7 Å². The molecule has 1 fully saturated rings. The van der Waals surface area contributed by atoms with E-state index in [4.69, 9.17) is 34.7 Å². The van der Waals surface area contributed by atoms with Crippen molar-refractivity contribution in [3.63, 3.8) is 0 Å². The van der Waals surface area contributed by atoms with Crippen LogP contribution in [0.1, 0.15) is 55.1 Å². The fourth-order valence-electron chi connectivity index (χ4n) is 4.22. The number of benzene rings is 1. The predicted molar refractivity (Wildman–Crippen MR) is 144 cm³/mol. The SMILES string of the molecule is C=CC(=O)N1C[C@@H](C)[C@@H](NC(=O)c2c(Cl)nc(CN=C(N)c3cc(C(C)(C)C)c(Cl)cc3N)n2C)C1. The fourth-order valence-corrected chi connectivity index (χ4v) is 4.99. The maximum Gasteiger partial charge on any atom is 0.271 e. The summed E-state index contributed by atoms with van der Waals surface area (Å²) in [6.07, 6.45) is 1.27. The Morgan fingerprint density at radius 1 is 1.31 bits per heavy atom. The number of aliphatic imine (C=N–C) groups is 1. The topological polar surface area (TPSA) is 132 Å². The number of nitrogens with zero attached hydrogens (tertiary/aromatic N) is 4. The van der Waals surface area contributed by atoms with Crippen molar-refractivity contribution in [1.82, 2.24) is 19.8 Å². The number of hydrogen-bond acceptors (Lipinski definition) is 5. The number of halogens is 2. The molecular weight excluding hydrogens is 501 g/mol. The molecule has 0 aliphatic carbocycles. The second-order valence-electron chi connectivity index (χ2n) is 10.1. The Morgan fingerprint density at radius 3 is 2.58 bits per heavy atom. The van der Waals surface area contributed by atoms with Crippen LogP contribution < -0.4 is 16.8 Å². The predicted octanol–water partition coefficient (Wildman–Crippen LogP) is 3.27. The molecule has 1 saturated heterocycles. The fraction of sp³-hybridized carbons (Fsp3) is 0.440. The van der Waals surface area contributed by atoms with Crippen LogP contribution in [-0.2, 0) is 23.8 Å². The van der Waals surface area contributed by atoms with Crippen LogP contribution in [0.4, 0.5) is 5.69 Å². The number of amidine groups is 1. The van der Waals surface area contributed by atoms with Gasteiger partial charge >= 0.3 is 0 Å². The van der Waals surface area contributed by atoms with Crippen molar-refractivity contribution < 1.29 is 9.59 Å². The highest BCUT2D eigenvalue weighted by atomic mass is 35.5. The smallest absolute Gasteiger partial charge is 0.271 e. The number of imidazole rings is 1. The van der Waals surface area contributed by atoms with Gasteiger partial charge in [-0.25, -0.2) is 4.98 Å². The van der Waals surface area contributed by atoms with Crippen LogP contribution in [0.25, 0.3) is 0 Å². The molecular formula is C25H33Cl2N7O2. The summed E-state index contributed by atoms with van der Waals surface area (Å²) in [4.78, 5) is 35.4. The minimum Gasteiger partial charge on any atom is -0.398 e. The van der Waals surface area contributed by atoms with Crippen LogP contribution in [0.3, 0.4) is 0 Å². The van der Waals surface area contributed by atoms with Crippen LogP contribution in [0, 0.1) is 5.92 Å². The normalized spacial score (nSPS) is 18.4. The van der Waals surface area contributed by atoms with Crippen LogP contribution in [0.5, 0.6) is 0 Å². The molecule has 0 unspecified atom stereocenters. The Morgan fingerprint density at radius 2 is 1.97 bits per heavy atom. The van der Waals surface area contributed by atoms with Gasteiger partial charge in [0.05, 0.1) is 12.6 Å². The molecule has 0 saturated carbocycles. The number of carbonyl (C=O) groups excluding carboxylic acids is 2. The zero-order valence-corrected chi connectivity index (χ0v) is 22.7. The van der Waals surface area contributed by atoms with Gasteiger partial charge in [-0.2, -0.15) is 0 Å². The van der Waals surface area contributed by atoms with E-state index in [9.17, 15) is 9.59 Å². The number of nitrogens with two attached hydrogens (primary N) is 2. The third kappa shape index (κ3) is 5.68. The molecule has 2 atom stereocenters. The van der Waals surface area contributed by atoms with Gasteiger partial charge in [-0.3, -0.25) is 14.6 Å². The van der Waals surface area contributed by atoms with E-state index in [2.05, 4.69) is 21.9 Å². The molecule has 194 valence electrons. The van der Waals surface area contributed by atoms with E-state index in [-0.39, 0.29) is 52.4 Å². The van der Waals surface area contributed by atoms with E-state index in [1.807, 2.05) is 33.8 Å². The Bertz CT molecular complexity index is 1230. The van der Waals surface area contributed by atoms with Gasteiger partial charge in [0, 0.05) is 36.4 Å². The zero-order valence-electron chi connectivity index (χ0n) is 21.2. The largest absolute Gasteiger partial charge is 0.398 e. The highest BCUT2D eigenvalue weighted by molar-refractivity contribution is 6.32. The standard InChI is InChI=1S/C25H33Cl2N7O2/c1-7-20(35)34-11-13(2)18(12-34)31-24(36)21-22(27)32-19(33(21)6)10-30-23(29)14-8-15(25(3,4)5)16(26)9-17(14)28/h7-9,13,18H,1,10-12,28H2,2-6H3,(H2,29,30)(H,31,36)/t13-,18+/m1/s1. The third-order valence-corrected chi connectivity index (χ3v) is 6.97. The van der Waals surface area contributed by atoms with Crippen molar-refractivity contribution in [3.8, 4) is 0 Å². The minimum absolute atomic E-state index is 0.0597. The van der Waals surface area contributed by atoms with Gasteiger partial charge < -0.3 is 26.3 Å². The van der Waals surface area contributed by atoms with E-state index in [0.717, 1.165) is 5.56 Å². The van der Waals surface area contributed by atoms with Crippen molar-refractivity contribution >= 4 is 46.5 Å². The summed E-state index contributed by atoms with van der Waals surface area (Å²) in [6.45, 7) is 12.7. The average molecular weight is 534 g/mol. The molecule has 3 rings (SSSR count). The highest BCUT2D eigenvalue weighted by Gasteiger charge is 2.34. The lowest BCUT2D eigenvalue weighted by Crippen LogP contribution is -2.41. The van der Waals surface area contributed by atoms with Gasteiger partial charge in [-0.1, -0.05) is 57.5 Å². The first-order valence-corrected chi connectivity index (χ1v) is 12.3. The van der Waals surface area contributed by atoms with Crippen LogP contribution in [-0.4, -0.2) is 51.2 Å². The second-order valence-corrected chi connectivity index (χ2v) is 10.9. The quantitative estimate of drug-likeness (QED) is 0.227. The Kier molecular flexibility index (Phi) is 8.05. The number of hydrogen-bond donors (Lipinski definition) is 3. The summed E-state index contributed by atoms with van der Waals surface area (Å²) in [5.41, 5.74) is 14.3. The van der Waals surface area contributed by atoms with Gasteiger partial charge in [0.2, 0.25) is 5.91 Å². The highest BCUT2D eigenvalue weighted by Crippen LogP contribution is 2.33. The molecule has 2 amide bonds. The molecule has 36 heavy (non-hydrogen) atoms. The molecule has 2 aromatic rings.